The summed E-state index contributed by atoms with van der Waals surface area (Å²) < 4.78 is 9.66. The number of hydrogen-bond acceptors (Lipinski definition) is 2. The molecule has 0 aliphatic rings. The van der Waals surface area contributed by atoms with Gasteiger partial charge >= 0.3 is 0 Å². The number of nitrogens with zero attached hydrogens (tertiary/aromatic N) is 2. The van der Waals surface area contributed by atoms with Crippen molar-refractivity contribution in [3.63, 3.8) is 0 Å². The topological polar surface area (TPSA) is 42.9 Å². The number of aryl methyl sites for hydroxylation is 1. The van der Waals surface area contributed by atoms with E-state index in [4.69, 9.17) is 33.3 Å². The SMILES string of the molecule is COC[C@H](Cc1ccc(C)cc1)n1c(=N)n(Cc2ccc(Cl)c(Cl)c2)c2ccccc21. The minimum atomic E-state index is 0.000150. The van der Waals surface area contributed by atoms with Gasteiger partial charge in [0.05, 0.1) is 40.3 Å². The van der Waals surface area contributed by atoms with Gasteiger partial charge in [0.25, 0.3) is 0 Å². The average Bonchev–Trinajstić information content (AvgIpc) is 3.03. The predicted molar refractivity (Wildman–Crippen MR) is 127 cm³/mol. The molecule has 0 aliphatic heterocycles. The van der Waals surface area contributed by atoms with Crippen molar-refractivity contribution in [3.8, 4) is 0 Å². The van der Waals surface area contributed by atoms with Gasteiger partial charge in [-0.2, -0.15) is 0 Å². The second-order valence-electron chi connectivity index (χ2n) is 7.82. The van der Waals surface area contributed by atoms with Crippen LogP contribution in [0, 0.1) is 12.3 Å². The molecule has 4 aromatic rings. The maximum Gasteiger partial charge on any atom is 0.203 e. The Labute approximate surface area is 192 Å². The first-order chi connectivity index (χ1) is 15.0. The second kappa shape index (κ2) is 9.31. The van der Waals surface area contributed by atoms with Gasteiger partial charge in [0, 0.05) is 7.11 Å². The summed E-state index contributed by atoms with van der Waals surface area (Å²) in [4.78, 5) is 0. The number of halogens is 2. The maximum atomic E-state index is 9.04. The molecule has 4 rings (SSSR count). The molecule has 160 valence electrons. The van der Waals surface area contributed by atoms with E-state index < -0.39 is 0 Å². The Morgan fingerprint density at radius 1 is 0.903 bits per heavy atom. The fourth-order valence-electron chi connectivity index (χ4n) is 4.02. The first-order valence-corrected chi connectivity index (χ1v) is 11.0. The van der Waals surface area contributed by atoms with Crippen LogP contribution in [0.2, 0.25) is 10.0 Å². The van der Waals surface area contributed by atoms with Gasteiger partial charge in [0.2, 0.25) is 5.62 Å². The van der Waals surface area contributed by atoms with Gasteiger partial charge in [-0.05, 0) is 48.7 Å². The van der Waals surface area contributed by atoms with Crippen molar-refractivity contribution in [1.29, 1.82) is 5.41 Å². The van der Waals surface area contributed by atoms with E-state index in [9.17, 15) is 0 Å². The second-order valence-corrected chi connectivity index (χ2v) is 8.63. The molecule has 0 saturated carbocycles. The average molecular weight is 454 g/mol. The van der Waals surface area contributed by atoms with Gasteiger partial charge in [-0.15, -0.1) is 0 Å². The molecule has 3 aromatic carbocycles. The van der Waals surface area contributed by atoms with Gasteiger partial charge in [-0.25, -0.2) is 0 Å². The minimum Gasteiger partial charge on any atom is -0.383 e. The third-order valence-electron chi connectivity index (χ3n) is 5.56. The number of hydrogen-bond donors (Lipinski definition) is 1. The zero-order valence-corrected chi connectivity index (χ0v) is 19.1. The molecule has 31 heavy (non-hydrogen) atoms. The molecule has 0 saturated heterocycles. The third kappa shape index (κ3) is 4.57. The van der Waals surface area contributed by atoms with E-state index in [2.05, 4.69) is 47.9 Å². The van der Waals surface area contributed by atoms with Crippen LogP contribution in [0.1, 0.15) is 22.7 Å². The molecular formula is C25H25Cl2N3O. The van der Waals surface area contributed by atoms with Crippen LogP contribution >= 0.6 is 23.2 Å². The van der Waals surface area contributed by atoms with Gasteiger partial charge < -0.3 is 13.9 Å². The van der Waals surface area contributed by atoms with Gasteiger partial charge in [-0.3, -0.25) is 5.41 Å². The molecule has 1 atom stereocenters. The van der Waals surface area contributed by atoms with Crippen LogP contribution in [-0.2, 0) is 17.7 Å². The van der Waals surface area contributed by atoms with E-state index >= 15 is 0 Å². The van der Waals surface area contributed by atoms with E-state index in [1.54, 1.807) is 13.2 Å². The summed E-state index contributed by atoms with van der Waals surface area (Å²) in [6.07, 6.45) is 0.783. The smallest absolute Gasteiger partial charge is 0.203 e. The van der Waals surface area contributed by atoms with Gasteiger partial charge in [0.1, 0.15) is 0 Å². The Morgan fingerprint density at radius 2 is 1.58 bits per heavy atom. The number of nitrogens with one attached hydrogen (secondary N) is 1. The summed E-state index contributed by atoms with van der Waals surface area (Å²) in [5.41, 5.74) is 5.91. The Hall–Kier alpha value is -2.53. The number of rotatable bonds is 7. The molecule has 6 heteroatoms. The van der Waals surface area contributed by atoms with Gasteiger partial charge in [-0.1, -0.05) is 71.2 Å². The molecular weight excluding hydrogens is 429 g/mol. The third-order valence-corrected chi connectivity index (χ3v) is 6.30. The lowest BCUT2D eigenvalue weighted by molar-refractivity contribution is 0.154. The molecule has 0 amide bonds. The van der Waals surface area contributed by atoms with Crippen LogP contribution in [-0.4, -0.2) is 22.9 Å². The molecule has 0 unspecified atom stereocenters. The van der Waals surface area contributed by atoms with Crippen LogP contribution in [0.5, 0.6) is 0 Å². The highest BCUT2D eigenvalue weighted by Crippen LogP contribution is 2.25. The molecule has 4 nitrogen and oxygen atoms in total. The number of para-hydroxylation sites is 2. The van der Waals surface area contributed by atoms with Crippen LogP contribution in [0.15, 0.2) is 66.7 Å². The molecule has 1 aromatic heterocycles. The van der Waals surface area contributed by atoms with Crippen molar-refractivity contribution >= 4 is 34.2 Å². The highest BCUT2D eigenvalue weighted by atomic mass is 35.5. The molecule has 1 heterocycles. The summed E-state index contributed by atoms with van der Waals surface area (Å²) in [5.74, 6) is 0. The first kappa shape index (κ1) is 21.7. The van der Waals surface area contributed by atoms with E-state index in [-0.39, 0.29) is 6.04 Å². The fraction of sp³-hybridized carbons (Fsp3) is 0.240. The zero-order chi connectivity index (χ0) is 22.0. The number of fused-ring (bicyclic) bond motifs is 1. The number of methoxy groups -OCH3 is 1. The van der Waals surface area contributed by atoms with Crippen LogP contribution in [0.3, 0.4) is 0 Å². The monoisotopic (exact) mass is 453 g/mol. The van der Waals surface area contributed by atoms with Gasteiger partial charge in [0.15, 0.2) is 0 Å². The maximum absolute atomic E-state index is 9.04. The lowest BCUT2D eigenvalue weighted by atomic mass is 10.0. The lowest BCUT2D eigenvalue weighted by Gasteiger charge is -2.19. The molecule has 1 N–H and O–H groups in total. The number of aromatic nitrogens is 2. The highest BCUT2D eigenvalue weighted by Gasteiger charge is 2.19. The molecule has 0 fully saturated rings. The van der Waals surface area contributed by atoms with Crippen molar-refractivity contribution in [3.05, 3.63) is 99.1 Å². The molecule has 0 aliphatic carbocycles. The Kier molecular flexibility index (Phi) is 6.51. The lowest BCUT2D eigenvalue weighted by Crippen LogP contribution is -2.31. The van der Waals surface area contributed by atoms with Crippen molar-refractivity contribution < 1.29 is 4.74 Å². The van der Waals surface area contributed by atoms with Crippen LogP contribution in [0.4, 0.5) is 0 Å². The summed E-state index contributed by atoms with van der Waals surface area (Å²) in [6, 6.07) is 22.3. The van der Waals surface area contributed by atoms with Crippen molar-refractivity contribution in [2.45, 2.75) is 25.9 Å². The van der Waals surface area contributed by atoms with Crippen molar-refractivity contribution in [2.24, 2.45) is 0 Å². The minimum absolute atomic E-state index is 0.000150. The van der Waals surface area contributed by atoms with E-state index in [1.165, 1.54) is 11.1 Å². The predicted octanol–water partition coefficient (Wildman–Crippen LogP) is 6.02. The normalized spacial score (nSPS) is 12.4. The molecule has 0 spiro atoms. The number of benzene rings is 3. The van der Waals surface area contributed by atoms with E-state index in [0.717, 1.165) is 23.0 Å². The highest BCUT2D eigenvalue weighted by molar-refractivity contribution is 6.42. The zero-order valence-electron chi connectivity index (χ0n) is 17.6. The Bertz CT molecular complexity index is 1260. The van der Waals surface area contributed by atoms with Crippen molar-refractivity contribution in [1.82, 2.24) is 9.13 Å². The molecule has 0 bridgehead atoms. The van der Waals surface area contributed by atoms with Crippen molar-refractivity contribution in [2.75, 3.05) is 13.7 Å². The largest absolute Gasteiger partial charge is 0.383 e. The molecule has 0 radical (unpaired) electrons. The number of imidazole rings is 1. The Balaban J connectivity index is 1.79. The summed E-state index contributed by atoms with van der Waals surface area (Å²) >= 11 is 12.3. The Morgan fingerprint density at radius 3 is 2.26 bits per heavy atom. The van der Waals surface area contributed by atoms with Crippen LogP contribution < -0.4 is 5.62 Å². The quantitative estimate of drug-likeness (QED) is 0.365. The number of ether oxygens (including phenoxy) is 1. The van der Waals surface area contributed by atoms with Crippen LogP contribution in [0.25, 0.3) is 11.0 Å². The standard InChI is InChI=1S/C25H25Cl2N3O/c1-17-7-9-18(10-8-17)13-20(16-31-2)30-24-6-4-3-5-23(24)29(25(30)28)15-19-11-12-21(26)22(27)14-19/h3-12,14,20,28H,13,15-16H2,1-2H3/t20-/m0/s1. The van der Waals surface area contributed by atoms with E-state index in [1.807, 2.05) is 28.8 Å². The summed E-state index contributed by atoms with van der Waals surface area (Å²) in [6.45, 7) is 3.14. The fourth-order valence-corrected chi connectivity index (χ4v) is 4.34. The van der Waals surface area contributed by atoms with E-state index in [0.29, 0.717) is 28.8 Å². The summed E-state index contributed by atoms with van der Waals surface area (Å²) in [5, 5.41) is 10.1. The first-order valence-electron chi connectivity index (χ1n) is 10.2. The summed E-state index contributed by atoms with van der Waals surface area (Å²) in [7, 11) is 1.71.